The van der Waals surface area contributed by atoms with Crippen LogP contribution in [0.2, 0.25) is 5.02 Å². The molecule has 1 aromatic carbocycles. The molecule has 1 aliphatic heterocycles. The Labute approximate surface area is 142 Å². The molecule has 122 valence electrons. The summed E-state index contributed by atoms with van der Waals surface area (Å²) in [6, 6.07) is 10.1. The monoisotopic (exact) mass is 331 g/mol. The summed E-state index contributed by atoms with van der Waals surface area (Å²) in [5, 5.41) is 5.06. The highest BCUT2D eigenvalue weighted by atomic mass is 35.5. The molecule has 23 heavy (non-hydrogen) atoms. The molecule has 0 bridgehead atoms. The average Bonchev–Trinajstić information content (AvgIpc) is 3.11. The van der Waals surface area contributed by atoms with Crippen LogP contribution in [0.1, 0.15) is 37.3 Å². The zero-order chi connectivity index (χ0) is 16.1. The van der Waals surface area contributed by atoms with Gasteiger partial charge in [0, 0.05) is 36.9 Å². The number of hydrogen-bond acceptors (Lipinski definition) is 2. The fourth-order valence-corrected chi connectivity index (χ4v) is 3.27. The highest BCUT2D eigenvalue weighted by Crippen LogP contribution is 2.21. The number of aryl methyl sites for hydroxylation is 1. The second-order valence-corrected chi connectivity index (χ2v) is 6.54. The van der Waals surface area contributed by atoms with E-state index >= 15 is 0 Å². The lowest BCUT2D eigenvalue weighted by molar-refractivity contribution is -0.133. The fourth-order valence-electron chi connectivity index (χ4n) is 3.15. The van der Waals surface area contributed by atoms with Crippen molar-refractivity contribution in [1.29, 1.82) is 0 Å². The summed E-state index contributed by atoms with van der Waals surface area (Å²) in [5.74, 6) is 0.260. The zero-order valence-corrected chi connectivity index (χ0v) is 14.0. The van der Waals surface area contributed by atoms with Gasteiger partial charge in [-0.05, 0) is 49.4 Å². The predicted octanol–water partition coefficient (Wildman–Crippen LogP) is 3.72. The van der Waals surface area contributed by atoms with Crippen molar-refractivity contribution in [2.24, 2.45) is 0 Å². The van der Waals surface area contributed by atoms with Gasteiger partial charge in [-0.15, -0.1) is 0 Å². The third-order valence-electron chi connectivity index (χ3n) is 4.42. The van der Waals surface area contributed by atoms with Gasteiger partial charge in [-0.3, -0.25) is 9.48 Å². The molecule has 3 rings (SSSR count). The summed E-state index contributed by atoms with van der Waals surface area (Å²) < 4.78 is 1.98. The molecule has 1 saturated heterocycles. The molecular formula is C18H22ClN3O. The molecule has 0 spiro atoms. The van der Waals surface area contributed by atoms with Gasteiger partial charge in [0.1, 0.15) is 0 Å². The molecule has 0 radical (unpaired) electrons. The molecular weight excluding hydrogens is 310 g/mol. The van der Waals surface area contributed by atoms with Crippen LogP contribution >= 0.6 is 11.6 Å². The number of nitrogens with zero attached hydrogens (tertiary/aromatic N) is 3. The van der Waals surface area contributed by atoms with Gasteiger partial charge in [0.2, 0.25) is 5.91 Å². The largest absolute Gasteiger partial charge is 0.341 e. The van der Waals surface area contributed by atoms with Crippen molar-refractivity contribution >= 4 is 17.5 Å². The standard InChI is InChI=1S/C18H22ClN3O/c19-16-9-7-15(8-10-16)4-1-6-18(23)21-12-2-5-17(14-21)22-13-3-11-20-22/h3,7-11,13,17H,1-2,4-6,12,14H2/t17-/m1/s1. The number of amides is 1. The third-order valence-corrected chi connectivity index (χ3v) is 4.67. The van der Waals surface area contributed by atoms with Gasteiger partial charge in [0.05, 0.1) is 6.04 Å². The maximum absolute atomic E-state index is 12.4. The lowest BCUT2D eigenvalue weighted by atomic mass is 10.0. The third kappa shape index (κ3) is 4.35. The number of hydrogen-bond donors (Lipinski definition) is 0. The molecule has 2 heterocycles. The number of likely N-dealkylation sites (tertiary alicyclic amines) is 1. The van der Waals surface area contributed by atoms with E-state index in [-0.39, 0.29) is 5.91 Å². The number of aromatic nitrogens is 2. The minimum absolute atomic E-state index is 0.260. The van der Waals surface area contributed by atoms with Crippen LogP contribution in [0.5, 0.6) is 0 Å². The van der Waals surface area contributed by atoms with Crippen LogP contribution in [0.25, 0.3) is 0 Å². The fraction of sp³-hybridized carbons (Fsp3) is 0.444. The van der Waals surface area contributed by atoms with Crippen LogP contribution < -0.4 is 0 Å². The molecule has 0 unspecified atom stereocenters. The molecule has 4 nitrogen and oxygen atoms in total. The molecule has 1 aliphatic rings. The smallest absolute Gasteiger partial charge is 0.222 e. The van der Waals surface area contributed by atoms with Crippen molar-refractivity contribution in [2.45, 2.75) is 38.1 Å². The van der Waals surface area contributed by atoms with Crippen LogP contribution in [-0.2, 0) is 11.2 Å². The van der Waals surface area contributed by atoms with Gasteiger partial charge in [-0.25, -0.2) is 0 Å². The second-order valence-electron chi connectivity index (χ2n) is 6.10. The van der Waals surface area contributed by atoms with Gasteiger partial charge in [0.15, 0.2) is 0 Å². The quantitative estimate of drug-likeness (QED) is 0.837. The summed E-state index contributed by atoms with van der Waals surface area (Å²) in [5.41, 5.74) is 1.23. The average molecular weight is 332 g/mol. The zero-order valence-electron chi connectivity index (χ0n) is 13.2. The molecule has 1 fully saturated rings. The van der Waals surface area contributed by atoms with Gasteiger partial charge in [0.25, 0.3) is 0 Å². The van der Waals surface area contributed by atoms with E-state index < -0.39 is 0 Å². The van der Waals surface area contributed by atoms with Gasteiger partial charge in [-0.1, -0.05) is 23.7 Å². The lowest BCUT2D eigenvalue weighted by Gasteiger charge is -2.33. The van der Waals surface area contributed by atoms with E-state index in [1.165, 1.54) is 5.56 Å². The first kappa shape index (κ1) is 16.1. The summed E-state index contributed by atoms with van der Waals surface area (Å²) in [6.07, 6.45) is 8.33. The van der Waals surface area contributed by atoms with E-state index in [1.807, 2.05) is 46.1 Å². The van der Waals surface area contributed by atoms with E-state index in [1.54, 1.807) is 6.20 Å². The number of rotatable bonds is 5. The Hall–Kier alpha value is -1.81. The summed E-state index contributed by atoms with van der Waals surface area (Å²) in [4.78, 5) is 14.4. The first-order chi connectivity index (χ1) is 11.2. The van der Waals surface area contributed by atoms with Gasteiger partial charge in [-0.2, -0.15) is 5.10 Å². The summed E-state index contributed by atoms with van der Waals surface area (Å²) in [7, 11) is 0. The Balaban J connectivity index is 1.47. The van der Waals surface area contributed by atoms with Gasteiger partial charge < -0.3 is 4.90 Å². The minimum atomic E-state index is 0.260. The van der Waals surface area contributed by atoms with Crippen molar-refractivity contribution in [3.05, 3.63) is 53.3 Å². The van der Waals surface area contributed by atoms with Crippen LogP contribution in [0, 0.1) is 0 Å². The molecule has 1 atom stereocenters. The SMILES string of the molecule is O=C(CCCc1ccc(Cl)cc1)N1CCC[C@@H](n2cccn2)C1. The molecule has 0 saturated carbocycles. The summed E-state index contributed by atoms with van der Waals surface area (Å²) in [6.45, 7) is 1.65. The van der Waals surface area contributed by atoms with Crippen molar-refractivity contribution < 1.29 is 4.79 Å². The van der Waals surface area contributed by atoms with Crippen molar-refractivity contribution in [1.82, 2.24) is 14.7 Å². The van der Waals surface area contributed by atoms with E-state index in [0.29, 0.717) is 12.5 Å². The number of benzene rings is 1. The van der Waals surface area contributed by atoms with Crippen molar-refractivity contribution in [3.8, 4) is 0 Å². The van der Waals surface area contributed by atoms with Crippen LogP contribution in [0.15, 0.2) is 42.7 Å². The minimum Gasteiger partial charge on any atom is -0.341 e. The Morgan fingerprint density at radius 2 is 2.13 bits per heavy atom. The maximum atomic E-state index is 12.4. The topological polar surface area (TPSA) is 38.1 Å². The van der Waals surface area contributed by atoms with E-state index in [4.69, 9.17) is 11.6 Å². The number of halogens is 1. The number of piperidine rings is 1. The van der Waals surface area contributed by atoms with E-state index in [9.17, 15) is 4.79 Å². The van der Waals surface area contributed by atoms with Crippen LogP contribution in [0.3, 0.4) is 0 Å². The first-order valence-corrected chi connectivity index (χ1v) is 8.61. The highest BCUT2D eigenvalue weighted by molar-refractivity contribution is 6.30. The Kier molecular flexibility index (Phi) is 5.34. The second kappa shape index (κ2) is 7.64. The predicted molar refractivity (Wildman–Crippen MR) is 91.5 cm³/mol. The molecule has 5 heteroatoms. The molecule has 1 amide bonds. The molecule has 0 N–H and O–H groups in total. The van der Waals surface area contributed by atoms with Crippen molar-refractivity contribution in [3.63, 3.8) is 0 Å². The molecule has 2 aromatic rings. The first-order valence-electron chi connectivity index (χ1n) is 8.24. The summed E-state index contributed by atoms with van der Waals surface area (Å²) >= 11 is 5.89. The van der Waals surface area contributed by atoms with E-state index in [2.05, 4.69) is 5.10 Å². The number of carbonyl (C=O) groups excluding carboxylic acids is 1. The lowest BCUT2D eigenvalue weighted by Crippen LogP contribution is -2.40. The Morgan fingerprint density at radius 3 is 2.87 bits per heavy atom. The van der Waals surface area contributed by atoms with Crippen LogP contribution in [0.4, 0.5) is 0 Å². The van der Waals surface area contributed by atoms with Crippen molar-refractivity contribution in [2.75, 3.05) is 13.1 Å². The molecule has 1 aromatic heterocycles. The van der Waals surface area contributed by atoms with E-state index in [0.717, 1.165) is 43.8 Å². The van der Waals surface area contributed by atoms with Gasteiger partial charge >= 0.3 is 0 Å². The Bertz CT molecular complexity index is 624. The highest BCUT2D eigenvalue weighted by Gasteiger charge is 2.24. The number of carbonyl (C=O) groups is 1. The van der Waals surface area contributed by atoms with Crippen LogP contribution in [-0.4, -0.2) is 33.7 Å². The normalized spacial score (nSPS) is 18.1. The molecule has 0 aliphatic carbocycles. The Morgan fingerprint density at radius 1 is 1.30 bits per heavy atom. The maximum Gasteiger partial charge on any atom is 0.222 e.